The summed E-state index contributed by atoms with van der Waals surface area (Å²) in [6.45, 7) is 1.20. The molecule has 2 aromatic heterocycles. The fourth-order valence-corrected chi connectivity index (χ4v) is 2.68. The van der Waals surface area contributed by atoms with Crippen molar-refractivity contribution < 1.29 is 18.4 Å². The van der Waals surface area contributed by atoms with Crippen LogP contribution in [-0.4, -0.2) is 27.2 Å². The van der Waals surface area contributed by atoms with Crippen LogP contribution in [0.15, 0.2) is 77.8 Å². The predicted octanol–water partition coefficient (Wildman–Crippen LogP) is 4.01. The van der Waals surface area contributed by atoms with E-state index in [1.807, 2.05) is 10.8 Å². The Kier molecular flexibility index (Phi) is 5.33. The molecule has 0 saturated carbocycles. The number of benzene rings is 2. The summed E-state index contributed by atoms with van der Waals surface area (Å²) in [6, 6.07) is 14.4. The van der Waals surface area contributed by atoms with Crippen molar-refractivity contribution in [3.05, 3.63) is 84.9 Å². The first kappa shape index (κ1) is 18.4. The number of amides is 1. The number of aromatic nitrogens is 3. The number of hydrogen-bond acceptors (Lipinski definition) is 5. The summed E-state index contributed by atoms with van der Waals surface area (Å²) in [5.74, 6) is -0.112. The molecule has 0 radical (unpaired) electrons. The molecule has 8 heteroatoms. The zero-order valence-corrected chi connectivity index (χ0v) is 15.3. The van der Waals surface area contributed by atoms with Crippen LogP contribution in [0.4, 0.5) is 10.1 Å². The molecule has 2 aromatic carbocycles. The molecule has 0 unspecified atom stereocenters. The highest BCUT2D eigenvalue weighted by Gasteiger charge is 2.14. The molecular weight excluding hydrogens is 375 g/mol. The van der Waals surface area contributed by atoms with Crippen LogP contribution in [0, 0.1) is 5.82 Å². The van der Waals surface area contributed by atoms with Gasteiger partial charge in [-0.25, -0.2) is 9.37 Å². The van der Waals surface area contributed by atoms with Gasteiger partial charge in [-0.15, -0.1) is 0 Å². The van der Waals surface area contributed by atoms with Crippen molar-refractivity contribution in [2.75, 3.05) is 11.9 Å². The third-order valence-corrected chi connectivity index (χ3v) is 4.14. The van der Waals surface area contributed by atoms with Crippen molar-refractivity contribution in [2.45, 2.75) is 6.54 Å². The van der Waals surface area contributed by atoms with Crippen molar-refractivity contribution in [3.63, 3.8) is 0 Å². The van der Waals surface area contributed by atoms with E-state index in [0.29, 0.717) is 35.8 Å². The van der Waals surface area contributed by atoms with Gasteiger partial charge in [0.15, 0.2) is 0 Å². The molecule has 146 valence electrons. The molecule has 0 atom stereocenters. The highest BCUT2D eigenvalue weighted by molar-refractivity contribution is 6.02. The molecule has 0 saturated heterocycles. The molecule has 29 heavy (non-hydrogen) atoms. The van der Waals surface area contributed by atoms with Gasteiger partial charge < -0.3 is 19.1 Å². The van der Waals surface area contributed by atoms with Gasteiger partial charge in [0.2, 0.25) is 5.76 Å². The quantitative estimate of drug-likeness (QED) is 0.514. The monoisotopic (exact) mass is 392 g/mol. The molecule has 0 aliphatic heterocycles. The van der Waals surface area contributed by atoms with E-state index < -0.39 is 5.91 Å². The highest BCUT2D eigenvalue weighted by Crippen LogP contribution is 2.21. The predicted molar refractivity (Wildman–Crippen MR) is 104 cm³/mol. The Morgan fingerprint density at radius 2 is 2.03 bits per heavy atom. The Bertz CT molecular complexity index is 1090. The van der Waals surface area contributed by atoms with E-state index in [-0.39, 0.29) is 11.6 Å². The minimum Gasteiger partial charge on any atom is -0.492 e. The average Bonchev–Trinajstić information content (AvgIpc) is 3.42. The Labute approximate surface area is 165 Å². The first-order chi connectivity index (χ1) is 14.2. The minimum absolute atomic E-state index is 0.0323. The van der Waals surface area contributed by atoms with Crippen LogP contribution in [0.1, 0.15) is 10.6 Å². The number of ether oxygens (including phenoxy) is 1. The smallest absolute Gasteiger partial charge is 0.294 e. The van der Waals surface area contributed by atoms with Crippen molar-refractivity contribution in [3.8, 4) is 17.0 Å². The van der Waals surface area contributed by atoms with Gasteiger partial charge in [-0.1, -0.05) is 17.3 Å². The molecule has 1 amide bonds. The second kappa shape index (κ2) is 8.39. The zero-order chi connectivity index (χ0) is 20.1. The number of rotatable bonds is 7. The lowest BCUT2D eigenvalue weighted by Crippen LogP contribution is -2.11. The van der Waals surface area contributed by atoms with Crippen molar-refractivity contribution in [1.82, 2.24) is 14.7 Å². The molecule has 0 fully saturated rings. The molecule has 0 aliphatic rings. The number of carbonyl (C=O) groups excluding carboxylic acids is 1. The summed E-state index contributed by atoms with van der Waals surface area (Å²) in [4.78, 5) is 16.3. The van der Waals surface area contributed by atoms with Crippen molar-refractivity contribution >= 4 is 11.6 Å². The minimum atomic E-state index is -0.450. The number of hydrogen-bond donors (Lipinski definition) is 1. The van der Waals surface area contributed by atoms with E-state index in [1.165, 1.54) is 18.2 Å². The van der Waals surface area contributed by atoms with E-state index in [9.17, 15) is 9.18 Å². The van der Waals surface area contributed by atoms with Crippen LogP contribution >= 0.6 is 0 Å². The summed E-state index contributed by atoms with van der Waals surface area (Å²) in [5, 5.41) is 6.56. The largest absolute Gasteiger partial charge is 0.492 e. The fourth-order valence-electron chi connectivity index (χ4n) is 2.68. The van der Waals surface area contributed by atoms with Crippen LogP contribution in [0.2, 0.25) is 0 Å². The van der Waals surface area contributed by atoms with Crippen LogP contribution in [-0.2, 0) is 6.54 Å². The van der Waals surface area contributed by atoms with E-state index >= 15 is 0 Å². The Morgan fingerprint density at radius 1 is 1.17 bits per heavy atom. The SMILES string of the molecule is O=C(Nc1ccc(OCCn2ccnc2)cc1)c1cc(-c2cccc(F)c2)no1. The first-order valence-electron chi connectivity index (χ1n) is 8.90. The molecule has 2 heterocycles. The normalized spacial score (nSPS) is 10.7. The van der Waals surface area contributed by atoms with Crippen LogP contribution in [0.25, 0.3) is 11.3 Å². The van der Waals surface area contributed by atoms with E-state index in [4.69, 9.17) is 9.26 Å². The summed E-state index contributed by atoms with van der Waals surface area (Å²) in [6.07, 6.45) is 5.31. The van der Waals surface area contributed by atoms with E-state index in [2.05, 4.69) is 15.5 Å². The molecule has 7 nitrogen and oxygen atoms in total. The summed E-state index contributed by atoms with van der Waals surface area (Å²) in [5.41, 5.74) is 1.50. The maximum absolute atomic E-state index is 13.3. The van der Waals surface area contributed by atoms with Crippen LogP contribution in [0.3, 0.4) is 0 Å². The molecular formula is C21H17FN4O3. The van der Waals surface area contributed by atoms with Gasteiger partial charge in [0.25, 0.3) is 5.91 Å². The van der Waals surface area contributed by atoms with Gasteiger partial charge in [0, 0.05) is 29.7 Å². The number of nitrogens with one attached hydrogen (secondary N) is 1. The van der Waals surface area contributed by atoms with E-state index in [1.54, 1.807) is 48.9 Å². The Morgan fingerprint density at radius 3 is 2.79 bits per heavy atom. The average molecular weight is 392 g/mol. The van der Waals surface area contributed by atoms with Gasteiger partial charge in [-0.3, -0.25) is 4.79 Å². The van der Waals surface area contributed by atoms with E-state index in [0.717, 1.165) is 0 Å². The lowest BCUT2D eigenvalue weighted by molar-refractivity contribution is 0.0988. The zero-order valence-electron chi connectivity index (χ0n) is 15.3. The second-order valence-corrected chi connectivity index (χ2v) is 6.21. The standard InChI is InChI=1S/C21H17FN4O3/c22-16-3-1-2-15(12-16)19-13-20(29-25-19)21(27)24-17-4-6-18(7-5-17)28-11-10-26-9-8-23-14-26/h1-9,12-14H,10-11H2,(H,24,27). The lowest BCUT2D eigenvalue weighted by Gasteiger charge is -2.08. The first-order valence-corrected chi connectivity index (χ1v) is 8.90. The summed E-state index contributed by atoms with van der Waals surface area (Å²) >= 11 is 0. The topological polar surface area (TPSA) is 82.2 Å². The van der Waals surface area contributed by atoms with Crippen LogP contribution < -0.4 is 10.1 Å². The van der Waals surface area contributed by atoms with Gasteiger partial charge in [0.05, 0.1) is 12.9 Å². The van der Waals surface area contributed by atoms with Gasteiger partial charge in [-0.05, 0) is 36.4 Å². The number of imidazole rings is 1. The summed E-state index contributed by atoms with van der Waals surface area (Å²) in [7, 11) is 0. The van der Waals surface area contributed by atoms with Crippen molar-refractivity contribution in [2.24, 2.45) is 0 Å². The number of carbonyl (C=O) groups is 1. The van der Waals surface area contributed by atoms with Gasteiger partial charge >= 0.3 is 0 Å². The van der Waals surface area contributed by atoms with Crippen molar-refractivity contribution in [1.29, 1.82) is 0 Å². The molecule has 0 aliphatic carbocycles. The molecule has 4 aromatic rings. The third kappa shape index (κ3) is 4.67. The van der Waals surface area contributed by atoms with Gasteiger partial charge in [-0.2, -0.15) is 0 Å². The van der Waals surface area contributed by atoms with Crippen LogP contribution in [0.5, 0.6) is 5.75 Å². The van der Waals surface area contributed by atoms with Gasteiger partial charge in [0.1, 0.15) is 23.9 Å². The summed E-state index contributed by atoms with van der Waals surface area (Å²) < 4.78 is 26.0. The molecule has 0 spiro atoms. The third-order valence-electron chi connectivity index (χ3n) is 4.14. The fraction of sp³-hybridized carbons (Fsp3) is 0.0952. The highest BCUT2D eigenvalue weighted by atomic mass is 19.1. The Hall–Kier alpha value is -3.94. The lowest BCUT2D eigenvalue weighted by atomic mass is 10.1. The Balaban J connectivity index is 1.33. The maximum atomic E-state index is 13.3. The molecule has 4 rings (SSSR count). The number of halogens is 1. The number of anilines is 1. The molecule has 0 bridgehead atoms. The second-order valence-electron chi connectivity index (χ2n) is 6.21. The molecule has 1 N–H and O–H groups in total. The maximum Gasteiger partial charge on any atom is 0.294 e. The number of nitrogens with zero attached hydrogens (tertiary/aromatic N) is 3.